The zero-order chi connectivity index (χ0) is 12.6. The van der Waals surface area contributed by atoms with Gasteiger partial charge >= 0.3 is 5.97 Å². The summed E-state index contributed by atoms with van der Waals surface area (Å²) in [5.41, 5.74) is 2.62. The molecule has 0 rings (SSSR count). The summed E-state index contributed by atoms with van der Waals surface area (Å²) in [4.78, 5) is 19.1. The standard InChI is InChI=1S/C9H16N4O2S/c1-5-15-8(14)6(2)7(13-10)12-9(11-3)16-4/h13H,3,5,10H2,1-2,4H3/b7-6-,12-9+. The Labute approximate surface area is 99.0 Å². The van der Waals surface area contributed by atoms with Crippen LogP contribution in [0.2, 0.25) is 0 Å². The van der Waals surface area contributed by atoms with E-state index in [2.05, 4.69) is 22.1 Å². The van der Waals surface area contributed by atoms with Gasteiger partial charge in [0.15, 0.2) is 11.0 Å². The lowest BCUT2D eigenvalue weighted by atomic mass is 10.3. The highest BCUT2D eigenvalue weighted by Gasteiger charge is 2.11. The van der Waals surface area contributed by atoms with Crippen molar-refractivity contribution in [1.82, 2.24) is 5.43 Å². The normalized spacial score (nSPS) is 12.9. The van der Waals surface area contributed by atoms with Crippen molar-refractivity contribution in [2.24, 2.45) is 15.8 Å². The van der Waals surface area contributed by atoms with Crippen LogP contribution in [-0.4, -0.2) is 30.7 Å². The minimum absolute atomic E-state index is 0.218. The maximum Gasteiger partial charge on any atom is 0.337 e. The topological polar surface area (TPSA) is 89.1 Å². The summed E-state index contributed by atoms with van der Waals surface area (Å²) >= 11 is 1.30. The highest BCUT2D eigenvalue weighted by Crippen LogP contribution is 2.08. The Bertz CT molecular complexity index is 325. The number of rotatable bonds is 4. The number of nitrogens with zero attached hydrogens (tertiary/aromatic N) is 2. The van der Waals surface area contributed by atoms with Gasteiger partial charge in [0.2, 0.25) is 0 Å². The Hall–Kier alpha value is -1.34. The molecule has 0 aromatic rings. The molecule has 0 saturated heterocycles. The highest BCUT2D eigenvalue weighted by molar-refractivity contribution is 8.13. The number of ether oxygens (including phenoxy) is 1. The van der Waals surface area contributed by atoms with E-state index < -0.39 is 5.97 Å². The van der Waals surface area contributed by atoms with E-state index in [-0.39, 0.29) is 5.82 Å². The number of nitrogens with one attached hydrogen (secondary N) is 1. The fourth-order valence-electron chi connectivity index (χ4n) is 0.802. The van der Waals surface area contributed by atoms with Crippen LogP contribution in [0.4, 0.5) is 0 Å². The molecule has 0 radical (unpaired) electrons. The maximum absolute atomic E-state index is 11.4. The largest absolute Gasteiger partial charge is 0.463 e. The fourth-order valence-corrected chi connectivity index (χ4v) is 1.11. The molecule has 0 aliphatic rings. The summed E-state index contributed by atoms with van der Waals surface area (Å²) < 4.78 is 4.82. The Kier molecular flexibility index (Phi) is 7.23. The Morgan fingerprint density at radius 1 is 1.62 bits per heavy atom. The molecule has 7 heteroatoms. The number of amidine groups is 1. The number of thioether (sulfide) groups is 1. The number of carbonyl (C=O) groups excluding carboxylic acids is 1. The van der Waals surface area contributed by atoms with Crippen LogP contribution in [0.5, 0.6) is 0 Å². The Balaban J connectivity index is 5.08. The average molecular weight is 244 g/mol. The van der Waals surface area contributed by atoms with Crippen LogP contribution in [0.25, 0.3) is 0 Å². The number of hydrazine groups is 1. The van der Waals surface area contributed by atoms with Crippen LogP contribution in [0.3, 0.4) is 0 Å². The first kappa shape index (κ1) is 14.7. The van der Waals surface area contributed by atoms with Crippen molar-refractivity contribution in [2.75, 3.05) is 12.9 Å². The molecule has 0 spiro atoms. The van der Waals surface area contributed by atoms with Crippen molar-refractivity contribution in [3.05, 3.63) is 11.4 Å². The monoisotopic (exact) mass is 244 g/mol. The second-order valence-electron chi connectivity index (χ2n) is 2.60. The molecule has 0 saturated carbocycles. The lowest BCUT2D eigenvalue weighted by Gasteiger charge is -2.07. The van der Waals surface area contributed by atoms with E-state index in [1.165, 1.54) is 11.8 Å². The van der Waals surface area contributed by atoms with Gasteiger partial charge in [-0.15, -0.1) is 0 Å². The van der Waals surface area contributed by atoms with E-state index in [1.54, 1.807) is 20.1 Å². The second kappa shape index (κ2) is 7.89. The van der Waals surface area contributed by atoms with E-state index in [0.717, 1.165) is 0 Å². The van der Waals surface area contributed by atoms with Crippen LogP contribution in [-0.2, 0) is 9.53 Å². The zero-order valence-corrected chi connectivity index (χ0v) is 10.4. The smallest absolute Gasteiger partial charge is 0.337 e. The van der Waals surface area contributed by atoms with E-state index >= 15 is 0 Å². The van der Waals surface area contributed by atoms with Gasteiger partial charge in [0.25, 0.3) is 0 Å². The van der Waals surface area contributed by atoms with Gasteiger partial charge in [0, 0.05) is 0 Å². The zero-order valence-electron chi connectivity index (χ0n) is 9.61. The van der Waals surface area contributed by atoms with Crippen LogP contribution < -0.4 is 11.3 Å². The summed E-state index contributed by atoms with van der Waals surface area (Å²) in [5, 5.41) is 0.414. The lowest BCUT2D eigenvalue weighted by Crippen LogP contribution is -2.24. The Morgan fingerprint density at radius 3 is 2.62 bits per heavy atom. The highest BCUT2D eigenvalue weighted by atomic mass is 32.2. The van der Waals surface area contributed by atoms with Crippen LogP contribution in [0, 0.1) is 0 Å². The number of esters is 1. The molecule has 0 bridgehead atoms. The number of hydrogen-bond donors (Lipinski definition) is 2. The van der Waals surface area contributed by atoms with Gasteiger partial charge < -0.3 is 10.2 Å². The molecule has 0 atom stereocenters. The molecule has 0 amide bonds. The van der Waals surface area contributed by atoms with Crippen molar-refractivity contribution in [1.29, 1.82) is 0 Å². The summed E-state index contributed by atoms with van der Waals surface area (Å²) in [7, 11) is 0. The second-order valence-corrected chi connectivity index (χ2v) is 3.37. The molecule has 90 valence electrons. The van der Waals surface area contributed by atoms with E-state index in [0.29, 0.717) is 17.3 Å². The van der Waals surface area contributed by atoms with E-state index in [4.69, 9.17) is 10.6 Å². The third-order valence-electron chi connectivity index (χ3n) is 1.60. The van der Waals surface area contributed by atoms with E-state index in [9.17, 15) is 4.79 Å². The minimum atomic E-state index is -0.469. The minimum Gasteiger partial charge on any atom is -0.463 e. The predicted molar refractivity (Wildman–Crippen MR) is 67.2 cm³/mol. The summed E-state index contributed by atoms with van der Waals surface area (Å²) in [6.45, 7) is 6.94. The molecule has 6 nitrogen and oxygen atoms in total. The van der Waals surface area contributed by atoms with Gasteiger partial charge in [-0.3, -0.25) is 0 Å². The van der Waals surface area contributed by atoms with Crippen molar-refractivity contribution < 1.29 is 9.53 Å². The quantitative estimate of drug-likeness (QED) is 0.189. The van der Waals surface area contributed by atoms with Gasteiger partial charge in [-0.05, 0) is 26.8 Å². The molecule has 0 aliphatic heterocycles. The van der Waals surface area contributed by atoms with Gasteiger partial charge in [-0.2, -0.15) is 0 Å². The third-order valence-corrected chi connectivity index (χ3v) is 2.18. The molecular formula is C9H16N4O2S. The number of hydrogen-bond acceptors (Lipinski definition) is 6. The van der Waals surface area contributed by atoms with Crippen molar-refractivity contribution in [3.63, 3.8) is 0 Å². The molecule has 0 unspecified atom stereocenters. The maximum atomic E-state index is 11.4. The third kappa shape index (κ3) is 4.45. The number of nitrogens with two attached hydrogens (primary N) is 1. The van der Waals surface area contributed by atoms with Gasteiger partial charge in [0.05, 0.1) is 12.2 Å². The van der Waals surface area contributed by atoms with Crippen molar-refractivity contribution in [2.45, 2.75) is 13.8 Å². The van der Waals surface area contributed by atoms with Gasteiger partial charge in [0.1, 0.15) is 0 Å². The van der Waals surface area contributed by atoms with E-state index in [1.807, 2.05) is 0 Å². The van der Waals surface area contributed by atoms with Crippen LogP contribution in [0.1, 0.15) is 13.8 Å². The Morgan fingerprint density at radius 2 is 2.25 bits per heavy atom. The van der Waals surface area contributed by atoms with Gasteiger partial charge in [-0.25, -0.2) is 20.6 Å². The fraction of sp³-hybridized carbons (Fsp3) is 0.444. The molecule has 0 fully saturated rings. The molecule has 0 heterocycles. The summed E-state index contributed by atoms with van der Waals surface area (Å²) in [6.07, 6.45) is 1.79. The summed E-state index contributed by atoms with van der Waals surface area (Å²) in [5.74, 6) is 5.02. The first-order valence-electron chi connectivity index (χ1n) is 4.54. The first-order valence-corrected chi connectivity index (χ1v) is 5.77. The SMILES string of the molecule is C=N/C(=N\C(NN)=C(/C)C(=O)OCC)SC. The van der Waals surface area contributed by atoms with Gasteiger partial charge in [-0.1, -0.05) is 11.8 Å². The molecule has 0 aliphatic carbocycles. The predicted octanol–water partition coefficient (Wildman–Crippen LogP) is 0.664. The molecule has 0 aromatic heterocycles. The molecule has 0 aromatic carbocycles. The number of carbonyl (C=O) groups is 1. The molecule has 3 N–H and O–H groups in total. The first-order chi connectivity index (χ1) is 7.60. The van der Waals surface area contributed by atoms with Crippen LogP contribution >= 0.6 is 11.8 Å². The number of aliphatic imine (C=N–C) groups is 2. The molecular weight excluding hydrogens is 228 g/mol. The molecule has 16 heavy (non-hydrogen) atoms. The average Bonchev–Trinajstić information content (AvgIpc) is 2.30. The lowest BCUT2D eigenvalue weighted by molar-refractivity contribution is -0.138. The van der Waals surface area contributed by atoms with Crippen molar-refractivity contribution in [3.8, 4) is 0 Å². The summed E-state index contributed by atoms with van der Waals surface area (Å²) in [6, 6.07) is 0. The van der Waals surface area contributed by atoms with Crippen molar-refractivity contribution >= 4 is 29.6 Å². The van der Waals surface area contributed by atoms with Crippen LogP contribution in [0.15, 0.2) is 21.4 Å².